The number of hydrogen-bond acceptors (Lipinski definition) is 9. The van der Waals surface area contributed by atoms with Crippen LogP contribution in [0.3, 0.4) is 0 Å². The van der Waals surface area contributed by atoms with Crippen molar-refractivity contribution in [3.05, 3.63) is 96.1 Å². The number of likely N-dealkylation sites (tertiary alicyclic amines) is 1. The fourth-order valence-corrected chi connectivity index (χ4v) is 5.38. The lowest BCUT2D eigenvalue weighted by molar-refractivity contribution is -0.142. The number of nitrogens with two attached hydrogens (primary N) is 2. The maximum Gasteiger partial charge on any atom is 0.410 e. The standard InChI is InChI=1S/C36H43N9O7/c37-35(38)39-19-7-13-28(34(49)50)41-31(46)22-40-32(47)29(21-24-9-3-1-4-10-24)42-33(48)30-14-8-20-45(30)36(51)52-23-25-15-17-27(18-16-25)44-43-26-11-5-2-6-12-26/h1-6,9-12,15-18,28-30H,7-8,13-14,19-23H2,(H,40,47)(H,41,46)(H,42,48)(H,49,50)(H4,37,38,39). The highest BCUT2D eigenvalue weighted by molar-refractivity contribution is 5.93. The maximum atomic E-state index is 13.5. The Bertz CT molecular complexity index is 1720. The molecule has 1 saturated heterocycles. The number of rotatable bonds is 17. The smallest absolute Gasteiger partial charge is 0.410 e. The van der Waals surface area contributed by atoms with E-state index in [1.54, 1.807) is 48.5 Å². The van der Waals surface area contributed by atoms with Crippen LogP contribution in [0.15, 0.2) is 100 Å². The maximum absolute atomic E-state index is 13.5. The topological polar surface area (TPSA) is 243 Å². The molecule has 274 valence electrons. The lowest BCUT2D eigenvalue weighted by atomic mass is 10.0. The van der Waals surface area contributed by atoms with E-state index in [0.29, 0.717) is 31.5 Å². The van der Waals surface area contributed by atoms with Gasteiger partial charge in [-0.1, -0.05) is 60.7 Å². The van der Waals surface area contributed by atoms with Gasteiger partial charge in [-0.2, -0.15) is 10.2 Å². The predicted molar refractivity (Wildman–Crippen MR) is 192 cm³/mol. The number of guanidine groups is 1. The van der Waals surface area contributed by atoms with Crippen LogP contribution in [-0.2, 0) is 36.9 Å². The normalized spacial score (nSPS) is 14.9. The summed E-state index contributed by atoms with van der Waals surface area (Å²) in [5, 5.41) is 25.5. The molecule has 0 bridgehead atoms. The van der Waals surface area contributed by atoms with Gasteiger partial charge in [-0.3, -0.25) is 24.3 Å². The average Bonchev–Trinajstić information content (AvgIpc) is 3.65. The number of carboxylic acid groups (broad SMARTS) is 1. The van der Waals surface area contributed by atoms with Crippen molar-refractivity contribution in [1.82, 2.24) is 20.9 Å². The molecule has 1 aliphatic rings. The van der Waals surface area contributed by atoms with E-state index in [9.17, 15) is 29.1 Å². The van der Waals surface area contributed by atoms with Gasteiger partial charge in [-0.25, -0.2) is 9.59 Å². The van der Waals surface area contributed by atoms with Crippen molar-refractivity contribution in [1.29, 1.82) is 0 Å². The summed E-state index contributed by atoms with van der Waals surface area (Å²) in [5.41, 5.74) is 13.4. The fourth-order valence-electron chi connectivity index (χ4n) is 5.38. The molecule has 1 heterocycles. The van der Waals surface area contributed by atoms with Crippen molar-refractivity contribution in [3.63, 3.8) is 0 Å². The number of hydrogen-bond donors (Lipinski definition) is 6. The zero-order chi connectivity index (χ0) is 37.3. The van der Waals surface area contributed by atoms with Crippen molar-refractivity contribution in [2.45, 2.75) is 56.8 Å². The van der Waals surface area contributed by atoms with Crippen molar-refractivity contribution in [3.8, 4) is 0 Å². The predicted octanol–water partition coefficient (Wildman–Crippen LogP) is 2.67. The molecule has 0 spiro atoms. The molecule has 16 heteroatoms. The third-order valence-electron chi connectivity index (χ3n) is 8.04. The van der Waals surface area contributed by atoms with Crippen molar-refractivity contribution in [2.24, 2.45) is 26.7 Å². The second kappa shape index (κ2) is 19.8. The van der Waals surface area contributed by atoms with Gasteiger partial charge >= 0.3 is 12.1 Å². The monoisotopic (exact) mass is 713 g/mol. The van der Waals surface area contributed by atoms with E-state index >= 15 is 0 Å². The van der Waals surface area contributed by atoms with Crippen LogP contribution in [0.2, 0.25) is 0 Å². The Morgan fingerprint density at radius 2 is 1.50 bits per heavy atom. The zero-order valence-corrected chi connectivity index (χ0v) is 28.5. The average molecular weight is 714 g/mol. The number of benzene rings is 3. The molecule has 4 rings (SSSR count). The molecule has 3 aromatic carbocycles. The summed E-state index contributed by atoms with van der Waals surface area (Å²) in [7, 11) is 0. The van der Waals surface area contributed by atoms with Crippen LogP contribution >= 0.6 is 0 Å². The number of aliphatic carboxylic acids is 1. The zero-order valence-electron chi connectivity index (χ0n) is 28.5. The summed E-state index contributed by atoms with van der Waals surface area (Å²) >= 11 is 0. The van der Waals surface area contributed by atoms with Gasteiger partial charge in [-0.05, 0) is 61.1 Å². The van der Waals surface area contributed by atoms with Gasteiger partial charge in [-0.15, -0.1) is 0 Å². The molecule has 1 fully saturated rings. The highest BCUT2D eigenvalue weighted by Crippen LogP contribution is 2.21. The van der Waals surface area contributed by atoms with Crippen LogP contribution in [-0.4, -0.2) is 83.5 Å². The SMILES string of the molecule is NC(N)=NCCCC(NC(=O)CNC(=O)C(Cc1ccccc1)NC(=O)C1CCCN1C(=O)OCc1ccc(N=Nc2ccccc2)cc1)C(=O)O. The first kappa shape index (κ1) is 38.5. The molecule has 52 heavy (non-hydrogen) atoms. The minimum absolute atomic E-state index is 0.0279. The van der Waals surface area contributed by atoms with Crippen LogP contribution in [0, 0.1) is 0 Å². The molecule has 16 nitrogen and oxygen atoms in total. The number of azo groups is 1. The van der Waals surface area contributed by atoms with Gasteiger partial charge in [0.1, 0.15) is 24.7 Å². The lowest BCUT2D eigenvalue weighted by Gasteiger charge is -2.26. The van der Waals surface area contributed by atoms with Crippen molar-refractivity contribution < 1.29 is 33.8 Å². The Morgan fingerprint density at radius 3 is 2.15 bits per heavy atom. The number of carbonyl (C=O) groups is 5. The molecular formula is C36H43N9O7. The Morgan fingerprint density at radius 1 is 0.846 bits per heavy atom. The Labute approximate surface area is 300 Å². The van der Waals surface area contributed by atoms with E-state index in [0.717, 1.165) is 16.8 Å². The molecule has 3 aromatic rings. The summed E-state index contributed by atoms with van der Waals surface area (Å²) in [6.45, 7) is -0.0775. The van der Waals surface area contributed by atoms with E-state index in [4.69, 9.17) is 16.2 Å². The Hall–Kier alpha value is -6.32. The van der Waals surface area contributed by atoms with Crippen LogP contribution < -0.4 is 27.4 Å². The minimum Gasteiger partial charge on any atom is -0.480 e. The number of carboxylic acids is 1. The quantitative estimate of drug-likeness (QED) is 0.0521. The molecule has 0 saturated carbocycles. The Balaban J connectivity index is 1.32. The summed E-state index contributed by atoms with van der Waals surface area (Å²) in [6, 6.07) is 22.1. The van der Waals surface area contributed by atoms with E-state index in [2.05, 4.69) is 31.2 Å². The highest BCUT2D eigenvalue weighted by atomic mass is 16.6. The highest BCUT2D eigenvalue weighted by Gasteiger charge is 2.37. The van der Waals surface area contributed by atoms with Crippen LogP contribution in [0.25, 0.3) is 0 Å². The molecule has 4 amide bonds. The van der Waals surface area contributed by atoms with Gasteiger partial charge < -0.3 is 37.3 Å². The van der Waals surface area contributed by atoms with Crippen LogP contribution in [0.4, 0.5) is 16.2 Å². The molecule has 3 atom stereocenters. The lowest BCUT2D eigenvalue weighted by Crippen LogP contribution is -2.55. The fraction of sp³-hybridized carbons (Fsp3) is 0.333. The summed E-state index contributed by atoms with van der Waals surface area (Å²) < 4.78 is 5.53. The van der Waals surface area contributed by atoms with E-state index in [1.165, 1.54) is 4.90 Å². The van der Waals surface area contributed by atoms with Gasteiger partial charge in [0.25, 0.3) is 0 Å². The molecule has 0 radical (unpaired) electrons. The number of ether oxygens (including phenoxy) is 1. The largest absolute Gasteiger partial charge is 0.480 e. The summed E-state index contributed by atoms with van der Waals surface area (Å²) in [5.74, 6) is -3.32. The third kappa shape index (κ3) is 12.5. The molecule has 8 N–H and O–H groups in total. The van der Waals surface area contributed by atoms with Crippen molar-refractivity contribution >= 4 is 47.1 Å². The number of carbonyl (C=O) groups excluding carboxylic acids is 4. The molecule has 0 aliphatic carbocycles. The van der Waals surface area contributed by atoms with Gasteiger partial charge in [0.2, 0.25) is 17.7 Å². The van der Waals surface area contributed by atoms with Crippen LogP contribution in [0.1, 0.15) is 36.8 Å². The number of amides is 4. The molecule has 3 unspecified atom stereocenters. The van der Waals surface area contributed by atoms with Gasteiger partial charge in [0.15, 0.2) is 5.96 Å². The molecule has 0 aromatic heterocycles. The second-order valence-electron chi connectivity index (χ2n) is 12.0. The number of aliphatic imine (C=N–C) groups is 1. The summed E-state index contributed by atoms with van der Waals surface area (Å²) in [4.78, 5) is 69.3. The second-order valence-corrected chi connectivity index (χ2v) is 12.0. The van der Waals surface area contributed by atoms with E-state index in [-0.39, 0.29) is 32.0 Å². The first-order chi connectivity index (χ1) is 25.1. The van der Waals surface area contributed by atoms with Gasteiger partial charge in [0.05, 0.1) is 17.9 Å². The van der Waals surface area contributed by atoms with E-state index < -0.39 is 54.5 Å². The van der Waals surface area contributed by atoms with Crippen molar-refractivity contribution in [2.75, 3.05) is 19.6 Å². The first-order valence-electron chi connectivity index (χ1n) is 16.8. The van der Waals surface area contributed by atoms with Gasteiger partial charge in [0, 0.05) is 19.5 Å². The number of nitrogens with zero attached hydrogens (tertiary/aromatic N) is 4. The van der Waals surface area contributed by atoms with Crippen LogP contribution in [0.5, 0.6) is 0 Å². The van der Waals surface area contributed by atoms with E-state index in [1.807, 2.05) is 36.4 Å². The number of nitrogens with one attached hydrogen (secondary N) is 3. The minimum atomic E-state index is -1.25. The Kier molecular flexibility index (Phi) is 14.6. The molecular weight excluding hydrogens is 670 g/mol. The third-order valence-corrected chi connectivity index (χ3v) is 8.04. The summed E-state index contributed by atoms with van der Waals surface area (Å²) in [6.07, 6.45) is 0.713. The first-order valence-corrected chi connectivity index (χ1v) is 16.8. The molecule has 1 aliphatic heterocycles.